The molecular weight excluding hydrogens is 297 g/mol. The Kier molecular flexibility index (Phi) is 4.57. The van der Waals surface area contributed by atoms with E-state index in [2.05, 4.69) is 5.32 Å². The molecule has 0 unspecified atom stereocenters. The van der Waals surface area contributed by atoms with Crippen LogP contribution in [-0.4, -0.2) is 25.2 Å². The van der Waals surface area contributed by atoms with Crippen molar-refractivity contribution in [2.45, 2.75) is 19.4 Å². The Morgan fingerprint density at radius 3 is 2.74 bits per heavy atom. The number of amides is 1. The number of hydrogen-bond acceptors (Lipinski definition) is 3. The van der Waals surface area contributed by atoms with E-state index >= 15 is 0 Å². The Hall–Kier alpha value is -2.40. The minimum absolute atomic E-state index is 0.0883. The largest absolute Gasteiger partial charge is 0.488 e. The molecule has 1 N–H and O–H groups in total. The first kappa shape index (κ1) is 15.5. The molecule has 1 atom stereocenters. The molecule has 0 bridgehead atoms. The third-order valence-corrected chi connectivity index (χ3v) is 3.75. The van der Waals surface area contributed by atoms with Crippen molar-refractivity contribution < 1.29 is 18.7 Å². The first-order valence-electron chi connectivity index (χ1n) is 7.54. The lowest BCUT2D eigenvalue weighted by Gasteiger charge is -2.12. The predicted octanol–water partition coefficient (Wildman–Crippen LogP) is 3.55. The van der Waals surface area contributed by atoms with Gasteiger partial charge in [-0.2, -0.15) is 0 Å². The van der Waals surface area contributed by atoms with Gasteiger partial charge in [0.1, 0.15) is 17.7 Å². The summed E-state index contributed by atoms with van der Waals surface area (Å²) in [4.78, 5) is 12.2. The number of carbonyl (C=O) groups is 1. The van der Waals surface area contributed by atoms with Gasteiger partial charge in [0.15, 0.2) is 0 Å². The third-order valence-electron chi connectivity index (χ3n) is 3.75. The Morgan fingerprint density at radius 1 is 1.26 bits per heavy atom. The van der Waals surface area contributed by atoms with Gasteiger partial charge in [0.2, 0.25) is 0 Å². The lowest BCUT2D eigenvalue weighted by Crippen LogP contribution is -2.16. The van der Waals surface area contributed by atoms with Crippen molar-refractivity contribution in [1.82, 2.24) is 0 Å². The maximum atomic E-state index is 13.3. The van der Waals surface area contributed by atoms with Gasteiger partial charge in [-0.1, -0.05) is 6.07 Å². The quantitative estimate of drug-likeness (QED) is 0.938. The monoisotopic (exact) mass is 315 g/mol. The second-order valence-electron chi connectivity index (χ2n) is 5.54. The van der Waals surface area contributed by atoms with E-state index in [-0.39, 0.29) is 12.0 Å². The fraction of sp³-hybridized carbons (Fsp3) is 0.278. The Morgan fingerprint density at radius 2 is 2.04 bits per heavy atom. The Balaban J connectivity index is 1.65. The number of ether oxygens (including phenoxy) is 2. The summed E-state index contributed by atoms with van der Waals surface area (Å²) in [6.07, 6.45) is 0.975. The van der Waals surface area contributed by atoms with Gasteiger partial charge in [0, 0.05) is 17.7 Å². The van der Waals surface area contributed by atoms with Crippen LogP contribution >= 0.6 is 0 Å². The number of rotatable bonds is 4. The molecule has 0 spiro atoms. The van der Waals surface area contributed by atoms with Crippen molar-refractivity contribution in [3.05, 3.63) is 59.4 Å². The van der Waals surface area contributed by atoms with Gasteiger partial charge >= 0.3 is 0 Å². The van der Waals surface area contributed by atoms with E-state index in [1.54, 1.807) is 37.3 Å². The average molecular weight is 315 g/mol. The lowest BCUT2D eigenvalue weighted by molar-refractivity contribution is 0.102. The summed E-state index contributed by atoms with van der Waals surface area (Å²) in [6, 6.07) is 11.3. The highest BCUT2D eigenvalue weighted by molar-refractivity contribution is 6.05. The fourth-order valence-corrected chi connectivity index (χ4v) is 2.45. The van der Waals surface area contributed by atoms with Gasteiger partial charge in [-0.15, -0.1) is 0 Å². The van der Waals surface area contributed by atoms with Crippen LogP contribution in [0.4, 0.5) is 10.1 Å². The van der Waals surface area contributed by atoms with Crippen LogP contribution in [0.2, 0.25) is 0 Å². The second kappa shape index (κ2) is 6.79. The van der Waals surface area contributed by atoms with Crippen molar-refractivity contribution in [2.24, 2.45) is 0 Å². The molecule has 23 heavy (non-hydrogen) atoms. The summed E-state index contributed by atoms with van der Waals surface area (Å²) >= 11 is 0. The molecule has 2 aromatic rings. The molecule has 0 aromatic heterocycles. The van der Waals surface area contributed by atoms with E-state index in [1.807, 2.05) is 0 Å². The van der Waals surface area contributed by atoms with Gasteiger partial charge < -0.3 is 14.8 Å². The normalized spacial score (nSPS) is 17.0. The summed E-state index contributed by atoms with van der Waals surface area (Å²) in [5, 5.41) is 2.76. The summed E-state index contributed by atoms with van der Waals surface area (Å²) in [5.41, 5.74) is 1.69. The molecular formula is C18H18FNO3. The van der Waals surface area contributed by atoms with E-state index in [0.717, 1.165) is 24.3 Å². The number of anilines is 1. The highest BCUT2D eigenvalue weighted by Gasteiger charge is 2.17. The maximum absolute atomic E-state index is 13.3. The summed E-state index contributed by atoms with van der Waals surface area (Å²) in [5.74, 6) is -0.0245. The van der Waals surface area contributed by atoms with Crippen LogP contribution in [0.5, 0.6) is 5.75 Å². The van der Waals surface area contributed by atoms with Gasteiger partial charge in [0.05, 0.1) is 13.2 Å². The van der Waals surface area contributed by atoms with Gasteiger partial charge in [-0.3, -0.25) is 4.79 Å². The van der Waals surface area contributed by atoms with Crippen molar-refractivity contribution in [3.8, 4) is 5.75 Å². The molecule has 1 aliphatic rings. The van der Waals surface area contributed by atoms with Crippen molar-refractivity contribution in [3.63, 3.8) is 0 Å². The van der Waals surface area contributed by atoms with Crippen LogP contribution in [0.1, 0.15) is 22.3 Å². The fourth-order valence-electron chi connectivity index (χ4n) is 2.45. The number of aryl methyl sites for hydroxylation is 1. The van der Waals surface area contributed by atoms with Crippen LogP contribution in [0, 0.1) is 12.7 Å². The van der Waals surface area contributed by atoms with Crippen LogP contribution < -0.4 is 10.1 Å². The van der Waals surface area contributed by atoms with Crippen LogP contribution in [0.25, 0.3) is 0 Å². The van der Waals surface area contributed by atoms with E-state index < -0.39 is 5.82 Å². The van der Waals surface area contributed by atoms with E-state index in [1.165, 1.54) is 12.1 Å². The second-order valence-corrected chi connectivity index (χ2v) is 5.54. The molecule has 1 fully saturated rings. The van der Waals surface area contributed by atoms with E-state index in [0.29, 0.717) is 17.9 Å². The van der Waals surface area contributed by atoms with Crippen LogP contribution in [-0.2, 0) is 4.74 Å². The molecule has 5 heteroatoms. The molecule has 0 radical (unpaired) electrons. The van der Waals surface area contributed by atoms with Crippen LogP contribution in [0.15, 0.2) is 42.5 Å². The highest BCUT2D eigenvalue weighted by Crippen LogP contribution is 2.20. The topological polar surface area (TPSA) is 47.6 Å². The summed E-state index contributed by atoms with van der Waals surface area (Å²) in [7, 11) is 0. The number of halogens is 1. The first-order valence-corrected chi connectivity index (χ1v) is 7.54. The number of hydrogen-bond donors (Lipinski definition) is 1. The molecule has 0 saturated carbocycles. The minimum atomic E-state index is -0.428. The molecule has 1 aliphatic heterocycles. The van der Waals surface area contributed by atoms with Gasteiger partial charge in [-0.25, -0.2) is 4.39 Å². The zero-order chi connectivity index (χ0) is 16.2. The molecule has 1 saturated heterocycles. The van der Waals surface area contributed by atoms with Gasteiger partial charge in [-0.05, 0) is 48.9 Å². The molecule has 4 nitrogen and oxygen atoms in total. The van der Waals surface area contributed by atoms with Crippen molar-refractivity contribution in [1.29, 1.82) is 0 Å². The summed E-state index contributed by atoms with van der Waals surface area (Å²) in [6.45, 7) is 3.11. The number of carbonyl (C=O) groups excluding carboxylic acids is 1. The molecule has 1 amide bonds. The zero-order valence-corrected chi connectivity index (χ0v) is 12.8. The van der Waals surface area contributed by atoms with Crippen LogP contribution in [0.3, 0.4) is 0 Å². The van der Waals surface area contributed by atoms with E-state index in [4.69, 9.17) is 9.47 Å². The van der Waals surface area contributed by atoms with Gasteiger partial charge in [0.25, 0.3) is 5.91 Å². The SMILES string of the molecule is Cc1ccc(F)cc1C(=O)Nc1ccc(O[C@@H]2CCOC2)cc1. The number of benzene rings is 2. The third kappa shape index (κ3) is 3.87. The molecule has 3 rings (SSSR count). The first-order chi connectivity index (χ1) is 11.1. The lowest BCUT2D eigenvalue weighted by atomic mass is 10.1. The smallest absolute Gasteiger partial charge is 0.256 e. The predicted molar refractivity (Wildman–Crippen MR) is 85.4 cm³/mol. The minimum Gasteiger partial charge on any atom is -0.488 e. The average Bonchev–Trinajstić information content (AvgIpc) is 3.04. The maximum Gasteiger partial charge on any atom is 0.256 e. The molecule has 1 heterocycles. The Bertz CT molecular complexity index is 694. The van der Waals surface area contributed by atoms with E-state index in [9.17, 15) is 9.18 Å². The zero-order valence-electron chi connectivity index (χ0n) is 12.8. The highest BCUT2D eigenvalue weighted by atomic mass is 19.1. The van der Waals surface area contributed by atoms with Crippen molar-refractivity contribution >= 4 is 11.6 Å². The molecule has 120 valence electrons. The number of nitrogens with one attached hydrogen (secondary N) is 1. The standard InChI is InChI=1S/C18H18FNO3/c1-12-2-3-13(19)10-17(12)18(21)20-14-4-6-15(7-5-14)23-16-8-9-22-11-16/h2-7,10,16H,8-9,11H2,1H3,(H,20,21)/t16-/m1/s1. The summed E-state index contributed by atoms with van der Waals surface area (Å²) < 4.78 is 24.3. The van der Waals surface area contributed by atoms with Crippen molar-refractivity contribution in [2.75, 3.05) is 18.5 Å². The molecule has 0 aliphatic carbocycles. The Labute approximate surface area is 134 Å². The molecule has 2 aromatic carbocycles.